The van der Waals surface area contributed by atoms with Crippen molar-refractivity contribution < 1.29 is 0 Å². The van der Waals surface area contributed by atoms with Gasteiger partial charge in [-0.2, -0.15) is 0 Å². The Labute approximate surface area is 106 Å². The molecule has 0 amide bonds. The maximum absolute atomic E-state index is 5.67. The highest BCUT2D eigenvalue weighted by atomic mass is 15.2. The highest BCUT2D eigenvalue weighted by Crippen LogP contribution is 2.26. The Morgan fingerprint density at radius 2 is 1.71 bits per heavy atom. The van der Waals surface area contributed by atoms with Crippen LogP contribution in [0.3, 0.4) is 0 Å². The van der Waals surface area contributed by atoms with Crippen molar-refractivity contribution in [2.45, 2.75) is 45.6 Å². The molecule has 1 aromatic carbocycles. The first-order chi connectivity index (χ1) is 7.88. The predicted octanol–water partition coefficient (Wildman–Crippen LogP) is 3.37. The predicted molar refractivity (Wildman–Crippen MR) is 76.7 cm³/mol. The fourth-order valence-electron chi connectivity index (χ4n) is 1.95. The average Bonchev–Trinajstić information content (AvgIpc) is 2.28. The van der Waals surface area contributed by atoms with Crippen molar-refractivity contribution in [3.8, 4) is 0 Å². The Balaban J connectivity index is 2.86. The number of nitrogens with zero attached hydrogens (tertiary/aromatic N) is 1. The van der Waals surface area contributed by atoms with Gasteiger partial charge in [-0.3, -0.25) is 0 Å². The Hall–Kier alpha value is -1.02. The van der Waals surface area contributed by atoms with Crippen molar-refractivity contribution in [3.05, 3.63) is 29.8 Å². The van der Waals surface area contributed by atoms with E-state index in [9.17, 15) is 0 Å². The van der Waals surface area contributed by atoms with Crippen molar-refractivity contribution in [2.75, 3.05) is 18.5 Å². The molecule has 0 fully saturated rings. The molecule has 0 bridgehead atoms. The summed E-state index contributed by atoms with van der Waals surface area (Å²) >= 11 is 0. The molecule has 0 spiro atoms. The number of hydrogen-bond acceptors (Lipinski definition) is 2. The second kappa shape index (κ2) is 5.54. The van der Waals surface area contributed by atoms with Gasteiger partial charge in [0.2, 0.25) is 0 Å². The summed E-state index contributed by atoms with van der Waals surface area (Å²) in [5, 5.41) is 0. The molecule has 0 aromatic heterocycles. The monoisotopic (exact) mass is 234 g/mol. The van der Waals surface area contributed by atoms with E-state index in [-0.39, 0.29) is 5.54 Å². The highest BCUT2D eigenvalue weighted by Gasteiger charge is 2.22. The molecular formula is C15H26N2. The topological polar surface area (TPSA) is 29.3 Å². The minimum absolute atomic E-state index is 0.105. The lowest BCUT2D eigenvalue weighted by Crippen LogP contribution is -2.42. The summed E-state index contributed by atoms with van der Waals surface area (Å²) in [6, 6.07) is 8.84. The third kappa shape index (κ3) is 3.47. The summed E-state index contributed by atoms with van der Waals surface area (Å²) in [4.78, 5) is 2.31. The fourth-order valence-corrected chi connectivity index (χ4v) is 1.95. The average molecular weight is 234 g/mol. The molecule has 0 saturated heterocycles. The summed E-state index contributed by atoms with van der Waals surface area (Å²) in [6.07, 6.45) is 0.995. The minimum atomic E-state index is 0.105. The van der Waals surface area contributed by atoms with Gasteiger partial charge in [-0.05, 0) is 50.4 Å². The normalized spacial score (nSPS) is 11.9. The zero-order valence-electron chi connectivity index (χ0n) is 11.8. The molecule has 0 aliphatic heterocycles. The van der Waals surface area contributed by atoms with E-state index in [0.717, 1.165) is 13.0 Å². The van der Waals surface area contributed by atoms with Gasteiger partial charge < -0.3 is 10.6 Å². The first-order valence-corrected chi connectivity index (χ1v) is 6.42. The molecule has 96 valence electrons. The Bertz CT molecular complexity index is 338. The van der Waals surface area contributed by atoms with Gasteiger partial charge in [0, 0.05) is 18.3 Å². The van der Waals surface area contributed by atoms with Crippen molar-refractivity contribution in [2.24, 2.45) is 5.73 Å². The van der Waals surface area contributed by atoms with Gasteiger partial charge in [0.1, 0.15) is 0 Å². The van der Waals surface area contributed by atoms with Crippen LogP contribution in [0.4, 0.5) is 5.69 Å². The van der Waals surface area contributed by atoms with E-state index in [0.29, 0.717) is 5.92 Å². The van der Waals surface area contributed by atoms with Crippen LogP contribution in [-0.4, -0.2) is 19.1 Å². The van der Waals surface area contributed by atoms with Gasteiger partial charge in [0.25, 0.3) is 0 Å². The summed E-state index contributed by atoms with van der Waals surface area (Å²) in [7, 11) is 2.14. The number of anilines is 1. The van der Waals surface area contributed by atoms with Crippen LogP contribution in [0.1, 0.15) is 45.6 Å². The van der Waals surface area contributed by atoms with E-state index in [1.165, 1.54) is 11.3 Å². The molecule has 2 N–H and O–H groups in total. The lowest BCUT2D eigenvalue weighted by molar-refractivity contribution is 0.456. The van der Waals surface area contributed by atoms with Crippen LogP contribution in [0.25, 0.3) is 0 Å². The lowest BCUT2D eigenvalue weighted by Gasteiger charge is -2.37. The van der Waals surface area contributed by atoms with Crippen LogP contribution in [0.2, 0.25) is 0 Å². The molecule has 0 radical (unpaired) electrons. The third-order valence-corrected chi connectivity index (χ3v) is 3.61. The quantitative estimate of drug-likeness (QED) is 0.846. The molecule has 2 nitrogen and oxygen atoms in total. The first kappa shape index (κ1) is 14.0. The van der Waals surface area contributed by atoms with Gasteiger partial charge in [0.05, 0.1) is 0 Å². The molecule has 0 aliphatic rings. The molecule has 17 heavy (non-hydrogen) atoms. The molecule has 0 unspecified atom stereocenters. The summed E-state index contributed by atoms with van der Waals surface area (Å²) in [6.45, 7) is 9.63. The second-order valence-corrected chi connectivity index (χ2v) is 5.66. The summed E-state index contributed by atoms with van der Waals surface area (Å²) < 4.78 is 0. The van der Waals surface area contributed by atoms with Crippen LogP contribution in [0, 0.1) is 0 Å². The first-order valence-electron chi connectivity index (χ1n) is 6.42. The van der Waals surface area contributed by atoms with Crippen molar-refractivity contribution in [1.82, 2.24) is 0 Å². The van der Waals surface area contributed by atoms with E-state index in [1.807, 2.05) is 0 Å². The molecule has 2 heteroatoms. The van der Waals surface area contributed by atoms with Crippen LogP contribution < -0.4 is 10.6 Å². The number of benzene rings is 1. The Morgan fingerprint density at radius 3 is 2.12 bits per heavy atom. The van der Waals surface area contributed by atoms with E-state index in [2.05, 4.69) is 63.9 Å². The van der Waals surface area contributed by atoms with Gasteiger partial charge in [-0.25, -0.2) is 0 Å². The molecule has 0 heterocycles. The SMILES string of the molecule is CC(C)c1ccc(N(C)C(C)(C)CCN)cc1. The van der Waals surface area contributed by atoms with E-state index < -0.39 is 0 Å². The maximum Gasteiger partial charge on any atom is 0.0368 e. The van der Waals surface area contributed by atoms with Crippen molar-refractivity contribution >= 4 is 5.69 Å². The number of nitrogens with two attached hydrogens (primary N) is 1. The summed E-state index contributed by atoms with van der Waals surface area (Å²) in [5.41, 5.74) is 8.42. The molecule has 0 aliphatic carbocycles. The van der Waals surface area contributed by atoms with Crippen molar-refractivity contribution in [3.63, 3.8) is 0 Å². The Kier molecular flexibility index (Phi) is 4.58. The van der Waals surface area contributed by atoms with Gasteiger partial charge in [0.15, 0.2) is 0 Å². The highest BCUT2D eigenvalue weighted by molar-refractivity contribution is 5.49. The molecule has 1 aromatic rings. The minimum Gasteiger partial charge on any atom is -0.369 e. The lowest BCUT2D eigenvalue weighted by atomic mass is 9.97. The smallest absolute Gasteiger partial charge is 0.0368 e. The zero-order chi connectivity index (χ0) is 13.1. The van der Waals surface area contributed by atoms with Crippen LogP contribution in [0.15, 0.2) is 24.3 Å². The summed E-state index contributed by atoms with van der Waals surface area (Å²) in [5.74, 6) is 0.589. The van der Waals surface area contributed by atoms with Gasteiger partial charge >= 0.3 is 0 Å². The maximum atomic E-state index is 5.67. The van der Waals surface area contributed by atoms with Crippen LogP contribution >= 0.6 is 0 Å². The molecule has 0 atom stereocenters. The van der Waals surface area contributed by atoms with Crippen molar-refractivity contribution in [1.29, 1.82) is 0 Å². The molecule has 1 rings (SSSR count). The van der Waals surface area contributed by atoms with Gasteiger partial charge in [-0.1, -0.05) is 26.0 Å². The zero-order valence-corrected chi connectivity index (χ0v) is 11.8. The van der Waals surface area contributed by atoms with Crippen LogP contribution in [-0.2, 0) is 0 Å². The fraction of sp³-hybridized carbons (Fsp3) is 0.600. The number of hydrogen-bond donors (Lipinski definition) is 1. The molecule has 0 saturated carbocycles. The largest absolute Gasteiger partial charge is 0.369 e. The van der Waals surface area contributed by atoms with Crippen LogP contribution in [0.5, 0.6) is 0 Å². The van der Waals surface area contributed by atoms with E-state index >= 15 is 0 Å². The third-order valence-electron chi connectivity index (χ3n) is 3.61. The number of rotatable bonds is 5. The van der Waals surface area contributed by atoms with E-state index in [4.69, 9.17) is 5.73 Å². The second-order valence-electron chi connectivity index (χ2n) is 5.66. The standard InChI is InChI=1S/C15H26N2/c1-12(2)13-6-8-14(9-7-13)17(5)15(3,4)10-11-16/h6-9,12H,10-11,16H2,1-5H3. The Morgan fingerprint density at radius 1 is 1.18 bits per heavy atom. The van der Waals surface area contributed by atoms with Gasteiger partial charge in [-0.15, -0.1) is 0 Å². The molecular weight excluding hydrogens is 208 g/mol. The van der Waals surface area contributed by atoms with E-state index in [1.54, 1.807) is 0 Å².